The molecule has 0 aliphatic rings. The molecule has 0 spiro atoms. The van der Waals surface area contributed by atoms with Crippen molar-refractivity contribution in [3.05, 3.63) is 124 Å². The Hall–Kier alpha value is -5.66. The van der Waals surface area contributed by atoms with Crippen molar-refractivity contribution in [3.8, 4) is 17.5 Å². The fourth-order valence-corrected chi connectivity index (χ4v) is 5.09. The van der Waals surface area contributed by atoms with E-state index in [9.17, 15) is 14.7 Å². The highest BCUT2D eigenvalue weighted by atomic mass is 16.3. The first-order chi connectivity index (χ1) is 20.4. The third kappa shape index (κ3) is 4.68. The number of carbonyl (C=O) groups is 1. The lowest BCUT2D eigenvalue weighted by atomic mass is 10.0. The number of aromatic nitrogens is 5. The molecule has 6 rings (SSSR count). The predicted molar refractivity (Wildman–Crippen MR) is 160 cm³/mol. The Morgan fingerprint density at radius 3 is 2.67 bits per heavy atom. The van der Waals surface area contributed by atoms with Crippen LogP contribution in [0.4, 0.5) is 5.82 Å². The smallest absolute Gasteiger partial charge is 0.264 e. The summed E-state index contributed by atoms with van der Waals surface area (Å²) in [5.74, 6) is 5.88. The van der Waals surface area contributed by atoms with E-state index in [0.29, 0.717) is 33.4 Å². The zero-order valence-corrected chi connectivity index (χ0v) is 22.9. The second-order valence-corrected chi connectivity index (χ2v) is 9.90. The van der Waals surface area contributed by atoms with Gasteiger partial charge in [-0.05, 0) is 48.7 Å². The Morgan fingerprint density at radius 2 is 1.90 bits per heavy atom. The number of nitrogens with two attached hydrogens (primary N) is 1. The number of carbonyl (C=O) groups excluding carboxylic acids is 1. The highest BCUT2D eigenvalue weighted by molar-refractivity contribution is 6.04. The van der Waals surface area contributed by atoms with Crippen LogP contribution in [-0.4, -0.2) is 34.7 Å². The zero-order chi connectivity index (χ0) is 29.4. The molecule has 0 saturated heterocycles. The Bertz CT molecular complexity index is 2100. The molecule has 1 atom stereocenters. The number of nitrogens with zero attached hydrogens (tertiary/aromatic N) is 5. The van der Waals surface area contributed by atoms with Crippen LogP contribution in [-0.2, 0) is 13.7 Å². The molecule has 4 N–H and O–H groups in total. The Kier molecular flexibility index (Phi) is 6.78. The molecule has 208 valence electrons. The summed E-state index contributed by atoms with van der Waals surface area (Å²) in [5, 5.41) is 17.8. The third-order valence-electron chi connectivity index (χ3n) is 7.14. The maximum atomic E-state index is 14.2. The van der Waals surface area contributed by atoms with Crippen LogP contribution in [0.2, 0.25) is 0 Å². The van der Waals surface area contributed by atoms with Gasteiger partial charge in [-0.15, -0.1) is 5.10 Å². The number of pyridine rings is 1. The number of benzene rings is 2. The van der Waals surface area contributed by atoms with Crippen LogP contribution in [0, 0.1) is 11.8 Å². The van der Waals surface area contributed by atoms with Gasteiger partial charge in [-0.1, -0.05) is 42.2 Å². The monoisotopic (exact) mass is 557 g/mol. The predicted octanol–water partition coefficient (Wildman–Crippen LogP) is 3.34. The second kappa shape index (κ2) is 10.7. The summed E-state index contributed by atoms with van der Waals surface area (Å²) < 4.78 is 4.87. The molecule has 0 aliphatic heterocycles. The molecule has 0 aliphatic carbocycles. The normalized spacial score (nSPS) is 11.8. The third-order valence-corrected chi connectivity index (χ3v) is 7.14. The number of aliphatic hydroxyl groups excluding tert-OH is 1. The van der Waals surface area contributed by atoms with Crippen molar-refractivity contribution in [2.24, 2.45) is 7.05 Å². The van der Waals surface area contributed by atoms with Crippen LogP contribution in [0.3, 0.4) is 0 Å². The van der Waals surface area contributed by atoms with Crippen LogP contribution in [0.1, 0.15) is 45.8 Å². The maximum Gasteiger partial charge on any atom is 0.264 e. The number of amides is 1. The molecule has 1 amide bonds. The van der Waals surface area contributed by atoms with Crippen molar-refractivity contribution in [3.63, 3.8) is 0 Å². The molecule has 2 aromatic carbocycles. The summed E-state index contributed by atoms with van der Waals surface area (Å²) in [6, 6.07) is 19.6. The molecule has 10 nitrogen and oxygen atoms in total. The largest absolute Gasteiger partial charge is 0.390 e. The number of hydrogen-bond donors (Lipinski definition) is 3. The minimum absolute atomic E-state index is 0.0603. The minimum atomic E-state index is -0.594. The molecule has 42 heavy (non-hydrogen) atoms. The van der Waals surface area contributed by atoms with Crippen molar-refractivity contribution < 1.29 is 9.90 Å². The van der Waals surface area contributed by atoms with E-state index < -0.39 is 11.9 Å². The molecule has 4 heterocycles. The highest BCUT2D eigenvalue weighted by Gasteiger charge is 2.24. The second-order valence-electron chi connectivity index (χ2n) is 9.90. The van der Waals surface area contributed by atoms with Gasteiger partial charge in [0.2, 0.25) is 0 Å². The topological polar surface area (TPSA) is 132 Å². The molecule has 0 fully saturated rings. The Morgan fingerprint density at radius 1 is 1.10 bits per heavy atom. The van der Waals surface area contributed by atoms with Crippen molar-refractivity contribution in [2.75, 3.05) is 5.73 Å². The van der Waals surface area contributed by atoms with E-state index in [4.69, 9.17) is 5.73 Å². The average Bonchev–Trinajstić information content (AvgIpc) is 3.53. The molecule has 0 bridgehead atoms. The number of fused-ring (bicyclic) bond motifs is 2. The van der Waals surface area contributed by atoms with E-state index in [1.807, 2.05) is 85.4 Å². The van der Waals surface area contributed by atoms with Gasteiger partial charge >= 0.3 is 0 Å². The van der Waals surface area contributed by atoms with Gasteiger partial charge in [0.15, 0.2) is 11.5 Å². The summed E-state index contributed by atoms with van der Waals surface area (Å²) in [7, 11) is 1.84. The van der Waals surface area contributed by atoms with E-state index in [2.05, 4.69) is 27.2 Å². The zero-order valence-electron chi connectivity index (χ0n) is 22.9. The number of aliphatic hydroxyl groups is 1. The Balaban J connectivity index is 1.47. The summed E-state index contributed by atoms with van der Waals surface area (Å²) in [6.45, 7) is 1.72. The fourth-order valence-electron chi connectivity index (χ4n) is 5.09. The van der Waals surface area contributed by atoms with Gasteiger partial charge in [0.1, 0.15) is 5.56 Å². The number of nitrogens with one attached hydrogen (secondary N) is 1. The van der Waals surface area contributed by atoms with Crippen LogP contribution in [0.15, 0.2) is 90.1 Å². The van der Waals surface area contributed by atoms with E-state index >= 15 is 0 Å². The molecule has 0 radical (unpaired) electrons. The summed E-state index contributed by atoms with van der Waals surface area (Å²) in [5.41, 5.74) is 9.60. The first-order valence-electron chi connectivity index (χ1n) is 13.3. The summed E-state index contributed by atoms with van der Waals surface area (Å²) in [6.07, 6.45) is 5.07. The number of rotatable bonds is 5. The molecular formula is C32H27N7O3. The molecule has 0 unspecified atom stereocenters. The van der Waals surface area contributed by atoms with Crippen molar-refractivity contribution in [1.29, 1.82) is 0 Å². The fraction of sp³-hybridized carbons (Fsp3) is 0.125. The number of anilines is 1. The van der Waals surface area contributed by atoms with Crippen LogP contribution in [0.25, 0.3) is 22.1 Å². The quantitative estimate of drug-likeness (QED) is 0.279. The minimum Gasteiger partial charge on any atom is -0.390 e. The number of aryl methyl sites for hydroxylation is 1. The van der Waals surface area contributed by atoms with Crippen LogP contribution >= 0.6 is 0 Å². The van der Waals surface area contributed by atoms with Gasteiger partial charge in [0.05, 0.1) is 18.0 Å². The SMILES string of the molecule is C[C@H](NC(=O)c1c(N)nn2cccnc12)c1cc2cccc(C#Cc3cc(CO)n(C)c3)c2c(=O)n1-c1ccccc1. The van der Waals surface area contributed by atoms with Crippen molar-refractivity contribution in [2.45, 2.75) is 19.6 Å². The molecule has 4 aromatic heterocycles. The standard InChI is InChI=1S/C32H27N7O3/c1-20(35-31(41)28-29(33)36-38-15-7-14-34-30(28)38)26-17-23-9-6-8-22(13-12-21-16-25(19-40)37(2)18-21)27(23)32(42)39(26)24-10-4-3-5-11-24/h3-11,14-18,20,40H,19H2,1-2H3,(H2,33,36)(H,35,41)/t20-/m0/s1. The summed E-state index contributed by atoms with van der Waals surface area (Å²) >= 11 is 0. The highest BCUT2D eigenvalue weighted by Crippen LogP contribution is 2.24. The molecular weight excluding hydrogens is 530 g/mol. The van der Waals surface area contributed by atoms with Gasteiger partial charge in [-0.2, -0.15) is 0 Å². The van der Waals surface area contributed by atoms with Crippen molar-refractivity contribution in [1.82, 2.24) is 29.0 Å². The number of nitrogen functional groups attached to an aromatic ring is 1. The number of para-hydroxylation sites is 1. The van der Waals surface area contributed by atoms with E-state index in [1.165, 1.54) is 4.52 Å². The average molecular weight is 558 g/mol. The first kappa shape index (κ1) is 26.6. The van der Waals surface area contributed by atoms with Gasteiger partial charge in [-0.25, -0.2) is 9.50 Å². The molecule has 0 saturated carbocycles. The van der Waals surface area contributed by atoms with Gasteiger partial charge < -0.3 is 20.7 Å². The lowest BCUT2D eigenvalue weighted by molar-refractivity contribution is 0.0941. The summed E-state index contributed by atoms with van der Waals surface area (Å²) in [4.78, 5) is 31.9. The van der Waals surface area contributed by atoms with Gasteiger partial charge in [0, 0.05) is 53.8 Å². The van der Waals surface area contributed by atoms with E-state index in [0.717, 1.165) is 11.3 Å². The lowest BCUT2D eigenvalue weighted by Gasteiger charge is -2.21. The van der Waals surface area contributed by atoms with E-state index in [1.54, 1.807) is 23.0 Å². The Labute approximate surface area is 240 Å². The van der Waals surface area contributed by atoms with Gasteiger partial charge in [-0.3, -0.25) is 14.2 Å². The van der Waals surface area contributed by atoms with Crippen molar-refractivity contribution >= 4 is 28.1 Å². The van der Waals surface area contributed by atoms with Gasteiger partial charge in [0.25, 0.3) is 11.5 Å². The molecule has 6 aromatic rings. The van der Waals surface area contributed by atoms with Crippen LogP contribution in [0.5, 0.6) is 0 Å². The van der Waals surface area contributed by atoms with Crippen LogP contribution < -0.4 is 16.6 Å². The van der Waals surface area contributed by atoms with E-state index in [-0.39, 0.29) is 23.5 Å². The molecule has 10 heteroatoms. The first-order valence-corrected chi connectivity index (χ1v) is 13.3. The maximum absolute atomic E-state index is 14.2. The number of hydrogen-bond acceptors (Lipinski definition) is 6. The lowest BCUT2D eigenvalue weighted by Crippen LogP contribution is -2.32.